The first kappa shape index (κ1) is 14.9. The fraction of sp³-hybridized carbons (Fsp3) is 0.125. The number of rotatable bonds is 5. The van der Waals surface area contributed by atoms with Gasteiger partial charge in [-0.2, -0.15) is 0 Å². The van der Waals surface area contributed by atoms with Crippen molar-refractivity contribution in [1.29, 1.82) is 0 Å². The molecule has 1 amide bonds. The molecule has 22 heavy (non-hydrogen) atoms. The number of amides is 1. The molecule has 0 spiro atoms. The van der Waals surface area contributed by atoms with E-state index in [1.807, 2.05) is 16.8 Å². The maximum absolute atomic E-state index is 12.9. The zero-order valence-corrected chi connectivity index (χ0v) is 13.2. The standard InChI is InChI=1S/C16H13FN2OS2/c17-12-5-3-11(4-6-12)16-19-13(10-22-16)7-8-18-15(20)14-2-1-9-21-14/h1-6,9-10H,7-8H2,(H,18,20). The lowest BCUT2D eigenvalue weighted by molar-refractivity contribution is 0.0958. The maximum atomic E-state index is 12.9. The summed E-state index contributed by atoms with van der Waals surface area (Å²) in [5, 5.41) is 7.58. The molecule has 1 aromatic carbocycles. The molecule has 0 radical (unpaired) electrons. The molecule has 0 atom stereocenters. The summed E-state index contributed by atoms with van der Waals surface area (Å²) in [6, 6.07) is 9.95. The van der Waals surface area contributed by atoms with E-state index in [1.165, 1.54) is 34.8 Å². The van der Waals surface area contributed by atoms with Crippen molar-refractivity contribution in [1.82, 2.24) is 10.3 Å². The SMILES string of the molecule is O=C(NCCc1csc(-c2ccc(F)cc2)n1)c1cccs1. The number of nitrogens with zero attached hydrogens (tertiary/aromatic N) is 1. The van der Waals surface area contributed by atoms with Crippen LogP contribution >= 0.6 is 22.7 Å². The maximum Gasteiger partial charge on any atom is 0.261 e. The van der Waals surface area contributed by atoms with Gasteiger partial charge in [0, 0.05) is 23.9 Å². The monoisotopic (exact) mass is 332 g/mol. The predicted octanol–water partition coefficient (Wildman–Crippen LogP) is 3.98. The van der Waals surface area contributed by atoms with E-state index in [4.69, 9.17) is 0 Å². The molecule has 0 saturated carbocycles. The Balaban J connectivity index is 1.56. The summed E-state index contributed by atoms with van der Waals surface area (Å²) in [6.45, 7) is 0.545. The molecule has 112 valence electrons. The molecule has 0 unspecified atom stereocenters. The molecule has 3 rings (SSSR count). The van der Waals surface area contributed by atoms with Crippen LogP contribution in [0.2, 0.25) is 0 Å². The third-order valence-electron chi connectivity index (χ3n) is 3.05. The second kappa shape index (κ2) is 6.81. The first-order valence-corrected chi connectivity index (χ1v) is 8.50. The summed E-state index contributed by atoms with van der Waals surface area (Å²) in [5.41, 5.74) is 1.83. The Labute approximate surface area is 135 Å². The van der Waals surface area contributed by atoms with Crippen LogP contribution in [0.3, 0.4) is 0 Å². The van der Waals surface area contributed by atoms with Crippen molar-refractivity contribution in [3.05, 3.63) is 63.5 Å². The Hall–Kier alpha value is -2.05. The minimum absolute atomic E-state index is 0.0519. The summed E-state index contributed by atoms with van der Waals surface area (Å²) >= 11 is 2.94. The van der Waals surface area contributed by atoms with Gasteiger partial charge in [-0.05, 0) is 35.7 Å². The Morgan fingerprint density at radius 3 is 2.73 bits per heavy atom. The van der Waals surface area contributed by atoms with Crippen LogP contribution in [-0.2, 0) is 6.42 Å². The molecule has 0 saturated heterocycles. The number of hydrogen-bond acceptors (Lipinski definition) is 4. The third kappa shape index (κ3) is 3.58. The van der Waals surface area contributed by atoms with Crippen LogP contribution in [0.25, 0.3) is 10.6 Å². The summed E-state index contributed by atoms with van der Waals surface area (Å²) in [5.74, 6) is -0.305. The lowest BCUT2D eigenvalue weighted by Gasteiger charge is -2.01. The summed E-state index contributed by atoms with van der Waals surface area (Å²) in [6.07, 6.45) is 0.675. The molecular formula is C16H13FN2OS2. The van der Waals surface area contributed by atoms with Crippen molar-refractivity contribution < 1.29 is 9.18 Å². The van der Waals surface area contributed by atoms with Gasteiger partial charge in [-0.15, -0.1) is 22.7 Å². The molecule has 6 heteroatoms. The van der Waals surface area contributed by atoms with E-state index in [-0.39, 0.29) is 11.7 Å². The Bertz CT molecular complexity index is 751. The Morgan fingerprint density at radius 2 is 2.00 bits per heavy atom. The Kier molecular flexibility index (Phi) is 4.60. The first-order valence-electron chi connectivity index (χ1n) is 6.74. The van der Waals surface area contributed by atoms with Crippen molar-refractivity contribution in [2.24, 2.45) is 0 Å². The van der Waals surface area contributed by atoms with E-state index in [0.717, 1.165) is 16.3 Å². The highest BCUT2D eigenvalue weighted by Crippen LogP contribution is 2.23. The first-order chi connectivity index (χ1) is 10.7. The highest BCUT2D eigenvalue weighted by molar-refractivity contribution is 7.13. The van der Waals surface area contributed by atoms with E-state index < -0.39 is 0 Å². The molecule has 2 heterocycles. The van der Waals surface area contributed by atoms with E-state index in [2.05, 4.69) is 10.3 Å². The molecule has 1 N–H and O–H groups in total. The van der Waals surface area contributed by atoms with Crippen LogP contribution in [0.5, 0.6) is 0 Å². The number of carbonyl (C=O) groups excluding carboxylic acids is 1. The zero-order valence-electron chi connectivity index (χ0n) is 11.6. The van der Waals surface area contributed by atoms with Crippen molar-refractivity contribution >= 4 is 28.6 Å². The van der Waals surface area contributed by atoms with Gasteiger partial charge in [0.2, 0.25) is 0 Å². The average molecular weight is 332 g/mol. The Morgan fingerprint density at radius 1 is 1.18 bits per heavy atom. The van der Waals surface area contributed by atoms with Crippen LogP contribution in [0.15, 0.2) is 47.2 Å². The largest absolute Gasteiger partial charge is 0.351 e. The van der Waals surface area contributed by atoms with E-state index >= 15 is 0 Å². The zero-order chi connectivity index (χ0) is 15.4. The number of thiophene rings is 1. The van der Waals surface area contributed by atoms with Gasteiger partial charge in [-0.1, -0.05) is 6.07 Å². The number of halogens is 1. The average Bonchev–Trinajstić information content (AvgIpc) is 3.19. The number of nitrogens with one attached hydrogen (secondary N) is 1. The van der Waals surface area contributed by atoms with Crippen LogP contribution in [-0.4, -0.2) is 17.4 Å². The topological polar surface area (TPSA) is 42.0 Å². The van der Waals surface area contributed by atoms with Gasteiger partial charge in [0.1, 0.15) is 10.8 Å². The number of thiazole rings is 1. The predicted molar refractivity (Wildman–Crippen MR) is 87.9 cm³/mol. The second-order valence-electron chi connectivity index (χ2n) is 4.63. The third-order valence-corrected chi connectivity index (χ3v) is 4.86. The van der Waals surface area contributed by atoms with Gasteiger partial charge < -0.3 is 5.32 Å². The minimum Gasteiger partial charge on any atom is -0.351 e. The lowest BCUT2D eigenvalue weighted by Crippen LogP contribution is -2.24. The molecular weight excluding hydrogens is 319 g/mol. The molecule has 3 aromatic rings. The fourth-order valence-electron chi connectivity index (χ4n) is 1.95. The van der Waals surface area contributed by atoms with Crippen LogP contribution < -0.4 is 5.32 Å². The normalized spacial score (nSPS) is 10.6. The second-order valence-corrected chi connectivity index (χ2v) is 6.44. The number of hydrogen-bond donors (Lipinski definition) is 1. The van der Waals surface area contributed by atoms with Crippen molar-refractivity contribution in [2.45, 2.75) is 6.42 Å². The molecule has 0 fully saturated rings. The number of benzene rings is 1. The fourth-order valence-corrected chi connectivity index (χ4v) is 3.45. The highest BCUT2D eigenvalue weighted by Gasteiger charge is 2.07. The van der Waals surface area contributed by atoms with Crippen LogP contribution in [0.1, 0.15) is 15.4 Å². The molecule has 0 aliphatic heterocycles. The van der Waals surface area contributed by atoms with Crippen LogP contribution in [0.4, 0.5) is 4.39 Å². The summed E-state index contributed by atoms with van der Waals surface area (Å²) in [4.78, 5) is 17.0. The number of carbonyl (C=O) groups is 1. The van der Waals surface area contributed by atoms with E-state index in [0.29, 0.717) is 17.8 Å². The van der Waals surface area contributed by atoms with Crippen molar-refractivity contribution in [3.63, 3.8) is 0 Å². The molecule has 0 aliphatic rings. The van der Waals surface area contributed by atoms with Gasteiger partial charge in [-0.25, -0.2) is 9.37 Å². The molecule has 3 nitrogen and oxygen atoms in total. The quantitative estimate of drug-likeness (QED) is 0.768. The van der Waals surface area contributed by atoms with Crippen molar-refractivity contribution in [3.8, 4) is 10.6 Å². The molecule has 0 bridgehead atoms. The smallest absolute Gasteiger partial charge is 0.261 e. The summed E-state index contributed by atoms with van der Waals surface area (Å²) in [7, 11) is 0. The van der Waals surface area contributed by atoms with Gasteiger partial charge in [0.05, 0.1) is 10.6 Å². The van der Waals surface area contributed by atoms with Crippen molar-refractivity contribution in [2.75, 3.05) is 6.54 Å². The summed E-state index contributed by atoms with van der Waals surface area (Å²) < 4.78 is 12.9. The van der Waals surface area contributed by atoms with Gasteiger partial charge in [0.15, 0.2) is 0 Å². The van der Waals surface area contributed by atoms with E-state index in [1.54, 1.807) is 18.2 Å². The van der Waals surface area contributed by atoms with Gasteiger partial charge in [-0.3, -0.25) is 4.79 Å². The van der Waals surface area contributed by atoms with Gasteiger partial charge >= 0.3 is 0 Å². The minimum atomic E-state index is -0.253. The van der Waals surface area contributed by atoms with E-state index in [9.17, 15) is 9.18 Å². The lowest BCUT2D eigenvalue weighted by atomic mass is 10.2. The highest BCUT2D eigenvalue weighted by atomic mass is 32.1. The molecule has 0 aliphatic carbocycles. The van der Waals surface area contributed by atoms with Gasteiger partial charge in [0.25, 0.3) is 5.91 Å². The number of aromatic nitrogens is 1. The molecule has 2 aromatic heterocycles. The van der Waals surface area contributed by atoms with Crippen LogP contribution in [0, 0.1) is 5.82 Å².